The number of carbonyl (C=O) groups excluding carboxylic acids is 2. The fourth-order valence-electron chi connectivity index (χ4n) is 3.30. The summed E-state index contributed by atoms with van der Waals surface area (Å²) in [6.07, 6.45) is 4.52. The molecule has 0 bridgehead atoms. The molecule has 0 saturated carbocycles. The Balaban J connectivity index is 1.57. The summed E-state index contributed by atoms with van der Waals surface area (Å²) in [5, 5.41) is 2.83. The molecule has 0 atom stereocenters. The van der Waals surface area contributed by atoms with Gasteiger partial charge < -0.3 is 10.2 Å². The van der Waals surface area contributed by atoms with Gasteiger partial charge in [-0.25, -0.2) is 4.39 Å². The van der Waals surface area contributed by atoms with Crippen molar-refractivity contribution in [1.29, 1.82) is 0 Å². The van der Waals surface area contributed by atoms with E-state index in [1.165, 1.54) is 12.8 Å². The van der Waals surface area contributed by atoms with Gasteiger partial charge in [0, 0.05) is 30.8 Å². The highest BCUT2D eigenvalue weighted by atomic mass is 19.1. The van der Waals surface area contributed by atoms with Crippen LogP contribution in [0.3, 0.4) is 0 Å². The van der Waals surface area contributed by atoms with E-state index in [4.69, 9.17) is 0 Å². The highest BCUT2D eigenvalue weighted by Crippen LogP contribution is 2.14. The summed E-state index contributed by atoms with van der Waals surface area (Å²) < 4.78 is 12.7. The van der Waals surface area contributed by atoms with E-state index in [0.717, 1.165) is 31.5 Å². The third kappa shape index (κ3) is 5.16. The van der Waals surface area contributed by atoms with Gasteiger partial charge in [0.2, 0.25) is 0 Å². The molecular formula is C22H25FN2O2. The van der Waals surface area contributed by atoms with Crippen LogP contribution >= 0.6 is 0 Å². The van der Waals surface area contributed by atoms with E-state index < -0.39 is 6.67 Å². The number of halogens is 1. The normalized spacial score (nSPS) is 14.5. The monoisotopic (exact) mass is 368 g/mol. The van der Waals surface area contributed by atoms with Crippen LogP contribution in [0.4, 0.5) is 4.39 Å². The SMILES string of the molecule is O=C(NCc1ccc(C(=O)N2CCCCCC2)cc1)c1cccc(CF)c1. The maximum Gasteiger partial charge on any atom is 0.253 e. The quantitative estimate of drug-likeness (QED) is 0.864. The van der Waals surface area contributed by atoms with Gasteiger partial charge >= 0.3 is 0 Å². The molecule has 1 fully saturated rings. The van der Waals surface area contributed by atoms with E-state index >= 15 is 0 Å². The van der Waals surface area contributed by atoms with Crippen LogP contribution in [-0.2, 0) is 13.2 Å². The van der Waals surface area contributed by atoms with Crippen molar-refractivity contribution >= 4 is 11.8 Å². The summed E-state index contributed by atoms with van der Waals surface area (Å²) in [5.41, 5.74) is 2.53. The van der Waals surface area contributed by atoms with Crippen LogP contribution in [0.5, 0.6) is 0 Å². The molecule has 1 N–H and O–H groups in total. The summed E-state index contributed by atoms with van der Waals surface area (Å²) in [6.45, 7) is 1.42. The molecule has 2 amide bonds. The van der Waals surface area contributed by atoms with Crippen molar-refractivity contribution in [1.82, 2.24) is 10.2 Å². The van der Waals surface area contributed by atoms with Gasteiger partial charge in [0.25, 0.3) is 11.8 Å². The molecule has 0 aromatic heterocycles. The second kappa shape index (κ2) is 9.31. The molecule has 0 radical (unpaired) electrons. The third-order valence-electron chi connectivity index (χ3n) is 4.89. The maximum atomic E-state index is 12.7. The molecule has 3 rings (SSSR count). The number of benzene rings is 2. The first kappa shape index (κ1) is 19.1. The van der Waals surface area contributed by atoms with Crippen molar-refractivity contribution in [2.24, 2.45) is 0 Å². The van der Waals surface area contributed by atoms with E-state index in [1.807, 2.05) is 29.2 Å². The van der Waals surface area contributed by atoms with E-state index in [0.29, 0.717) is 23.2 Å². The zero-order valence-electron chi connectivity index (χ0n) is 15.4. The molecule has 1 aliphatic heterocycles. The minimum Gasteiger partial charge on any atom is -0.348 e. The Morgan fingerprint density at radius 1 is 0.889 bits per heavy atom. The summed E-state index contributed by atoms with van der Waals surface area (Å²) in [5.74, 6) is -0.162. The zero-order chi connectivity index (χ0) is 19.1. The van der Waals surface area contributed by atoms with Crippen LogP contribution in [0.2, 0.25) is 0 Å². The van der Waals surface area contributed by atoms with E-state index in [9.17, 15) is 14.0 Å². The number of likely N-dealkylation sites (tertiary alicyclic amines) is 1. The van der Waals surface area contributed by atoms with Gasteiger partial charge in [-0.3, -0.25) is 9.59 Å². The van der Waals surface area contributed by atoms with Gasteiger partial charge in [-0.1, -0.05) is 37.1 Å². The second-order valence-corrected chi connectivity index (χ2v) is 6.92. The molecule has 0 spiro atoms. The highest BCUT2D eigenvalue weighted by molar-refractivity contribution is 5.95. The number of nitrogens with zero attached hydrogens (tertiary/aromatic N) is 1. The number of alkyl halides is 1. The lowest BCUT2D eigenvalue weighted by Crippen LogP contribution is -2.31. The number of hydrogen-bond acceptors (Lipinski definition) is 2. The van der Waals surface area contributed by atoms with Crippen molar-refractivity contribution in [3.05, 3.63) is 70.8 Å². The smallest absolute Gasteiger partial charge is 0.253 e. The molecule has 1 aliphatic rings. The van der Waals surface area contributed by atoms with Crippen molar-refractivity contribution in [2.75, 3.05) is 13.1 Å². The first-order valence-electron chi connectivity index (χ1n) is 9.48. The largest absolute Gasteiger partial charge is 0.348 e. The first-order valence-corrected chi connectivity index (χ1v) is 9.48. The van der Waals surface area contributed by atoms with Gasteiger partial charge in [0.15, 0.2) is 0 Å². The van der Waals surface area contributed by atoms with Crippen LogP contribution in [0, 0.1) is 0 Å². The fourth-order valence-corrected chi connectivity index (χ4v) is 3.30. The topological polar surface area (TPSA) is 49.4 Å². The van der Waals surface area contributed by atoms with Crippen LogP contribution in [0.25, 0.3) is 0 Å². The number of carbonyl (C=O) groups is 2. The van der Waals surface area contributed by atoms with Gasteiger partial charge in [-0.15, -0.1) is 0 Å². The Labute approximate surface area is 159 Å². The molecule has 27 heavy (non-hydrogen) atoms. The van der Waals surface area contributed by atoms with Gasteiger partial charge in [0.1, 0.15) is 6.67 Å². The Bertz CT molecular complexity index is 781. The molecule has 142 valence electrons. The Kier molecular flexibility index (Phi) is 6.58. The minimum atomic E-state index is -0.590. The van der Waals surface area contributed by atoms with Crippen LogP contribution in [0.1, 0.15) is 57.5 Å². The summed E-state index contributed by atoms with van der Waals surface area (Å²) in [7, 11) is 0. The summed E-state index contributed by atoms with van der Waals surface area (Å²) >= 11 is 0. The number of amides is 2. The molecule has 1 heterocycles. The van der Waals surface area contributed by atoms with Gasteiger partial charge in [0.05, 0.1) is 0 Å². The Morgan fingerprint density at radius 3 is 2.26 bits per heavy atom. The van der Waals surface area contributed by atoms with E-state index in [1.54, 1.807) is 24.3 Å². The maximum absolute atomic E-state index is 12.7. The lowest BCUT2D eigenvalue weighted by Gasteiger charge is -2.20. The molecule has 2 aromatic carbocycles. The molecule has 4 nitrogen and oxygen atoms in total. The minimum absolute atomic E-state index is 0.0792. The van der Waals surface area contributed by atoms with E-state index in [2.05, 4.69) is 5.32 Å². The van der Waals surface area contributed by atoms with E-state index in [-0.39, 0.29) is 11.8 Å². The highest BCUT2D eigenvalue weighted by Gasteiger charge is 2.17. The van der Waals surface area contributed by atoms with Crippen molar-refractivity contribution in [3.63, 3.8) is 0 Å². The Hall–Kier alpha value is -2.69. The molecular weight excluding hydrogens is 343 g/mol. The number of hydrogen-bond donors (Lipinski definition) is 1. The lowest BCUT2D eigenvalue weighted by atomic mass is 10.1. The predicted octanol–water partition coefficient (Wildman–Crippen LogP) is 4.10. The number of nitrogens with one attached hydrogen (secondary N) is 1. The molecule has 1 saturated heterocycles. The molecule has 5 heteroatoms. The molecule has 2 aromatic rings. The second-order valence-electron chi connectivity index (χ2n) is 6.92. The lowest BCUT2D eigenvalue weighted by molar-refractivity contribution is 0.0761. The zero-order valence-corrected chi connectivity index (χ0v) is 15.4. The third-order valence-corrected chi connectivity index (χ3v) is 4.89. The van der Waals surface area contributed by atoms with Crippen molar-refractivity contribution < 1.29 is 14.0 Å². The van der Waals surface area contributed by atoms with Gasteiger partial charge in [-0.05, 0) is 48.2 Å². The van der Waals surface area contributed by atoms with Crippen molar-refractivity contribution in [3.8, 4) is 0 Å². The average molecular weight is 368 g/mol. The number of rotatable bonds is 5. The Morgan fingerprint density at radius 2 is 1.59 bits per heavy atom. The standard InChI is InChI=1S/C22H25FN2O2/c23-15-18-6-5-7-20(14-18)21(26)24-16-17-8-10-19(11-9-17)22(27)25-12-3-1-2-4-13-25/h5-11,14H,1-4,12-13,15-16H2,(H,24,26). The first-order chi connectivity index (χ1) is 13.2. The summed E-state index contributed by atoms with van der Waals surface area (Å²) in [4.78, 5) is 26.7. The predicted molar refractivity (Wildman–Crippen MR) is 103 cm³/mol. The molecule has 0 aliphatic carbocycles. The average Bonchev–Trinajstić information content (AvgIpc) is 3.01. The van der Waals surface area contributed by atoms with Crippen molar-refractivity contribution in [2.45, 2.75) is 38.9 Å². The summed E-state index contributed by atoms with van der Waals surface area (Å²) in [6, 6.07) is 13.9. The van der Waals surface area contributed by atoms with Crippen LogP contribution < -0.4 is 5.32 Å². The van der Waals surface area contributed by atoms with Gasteiger partial charge in [-0.2, -0.15) is 0 Å². The van der Waals surface area contributed by atoms with Crippen LogP contribution in [-0.4, -0.2) is 29.8 Å². The molecule has 0 unspecified atom stereocenters. The van der Waals surface area contributed by atoms with Crippen LogP contribution in [0.15, 0.2) is 48.5 Å². The fraction of sp³-hybridized carbons (Fsp3) is 0.364.